The van der Waals surface area contributed by atoms with E-state index in [1.807, 2.05) is 36.4 Å². The summed E-state index contributed by atoms with van der Waals surface area (Å²) in [7, 11) is 3.96. The highest BCUT2D eigenvalue weighted by atomic mass is 19.1. The first kappa shape index (κ1) is 26.8. The van der Waals surface area contributed by atoms with Crippen LogP contribution in [0.1, 0.15) is 48.8 Å². The topological polar surface area (TPSA) is 79.2 Å². The van der Waals surface area contributed by atoms with Gasteiger partial charge in [0.15, 0.2) is 11.5 Å². The lowest BCUT2D eigenvalue weighted by atomic mass is 9.51. The number of piperidine rings is 1. The maximum absolute atomic E-state index is 14.0. The molecule has 6 atom stereocenters. The maximum Gasteiger partial charge on any atom is 0.310 e. The molecular weight excluding hydrogens is 509 g/mol. The van der Waals surface area contributed by atoms with E-state index < -0.39 is 17.7 Å². The van der Waals surface area contributed by atoms with Gasteiger partial charge in [-0.2, -0.15) is 0 Å². The van der Waals surface area contributed by atoms with E-state index in [9.17, 15) is 14.3 Å². The summed E-state index contributed by atoms with van der Waals surface area (Å²) in [4.78, 5) is 13.4. The van der Waals surface area contributed by atoms with Crippen LogP contribution in [0.3, 0.4) is 0 Å². The predicted octanol–water partition coefficient (Wildman–Crippen LogP) is 5.41. The minimum atomic E-state index is -0.957. The number of hydrogen-bond acceptors (Lipinski definition) is 5. The van der Waals surface area contributed by atoms with E-state index in [2.05, 4.69) is 18.0 Å². The molecule has 7 heteroatoms. The quantitative estimate of drug-likeness (QED) is 0.457. The fourth-order valence-electron chi connectivity index (χ4n) is 7.66. The molecule has 7 rings (SSSR count). The largest absolute Gasteiger partial charge is 0.493 e. The van der Waals surface area contributed by atoms with Crippen LogP contribution in [0.2, 0.25) is 0 Å². The van der Waals surface area contributed by atoms with E-state index in [1.54, 1.807) is 26.2 Å². The van der Waals surface area contributed by atoms with Gasteiger partial charge in [-0.05, 0) is 80.9 Å². The fourth-order valence-corrected chi connectivity index (χ4v) is 7.66. The number of aliphatic hydroxyl groups is 1. The molecule has 0 aromatic heterocycles. The molecule has 2 aliphatic carbocycles. The molecule has 2 fully saturated rings. The number of aliphatic carboxylic acids is 1. The third-order valence-electron chi connectivity index (χ3n) is 9.72. The van der Waals surface area contributed by atoms with E-state index in [4.69, 9.17) is 14.6 Å². The first-order chi connectivity index (χ1) is 19.3. The molecule has 2 heterocycles. The first-order valence-corrected chi connectivity index (χ1v) is 14.1. The molecule has 210 valence electrons. The van der Waals surface area contributed by atoms with Gasteiger partial charge in [0.2, 0.25) is 0 Å². The van der Waals surface area contributed by atoms with Crippen molar-refractivity contribution in [2.45, 2.75) is 62.2 Å². The van der Waals surface area contributed by atoms with Crippen LogP contribution in [0.25, 0.3) is 11.1 Å². The Morgan fingerprint density at radius 1 is 1.15 bits per heavy atom. The molecule has 3 aromatic rings. The SMILES string of the molecule is CC(C(=O)O)c1ccc(-c2ccccc2)c(F)c1.COc1ccc2c3c1OC1[C@@H](O)CCC4C(C2)N(C)CC[C@@]341. The smallest absolute Gasteiger partial charge is 0.310 e. The standard InChI is InChI=1S/C18H23NO3.C15H13FO2/c1-19-8-7-18-11-4-5-13(20)17(18)22-16-14(21-2)6-3-10(15(16)18)9-12(11)19;1-10(15(17)18)12-7-8-13(14(16)9-12)11-5-3-2-4-6-11/h3,6,11-13,17,20H,4-5,7-9H2,1-2H3;2-10H,1H3,(H,17,18)/t11?,12?,13-,17?,18-;/m0./s1. The maximum atomic E-state index is 14.0. The number of benzene rings is 3. The Labute approximate surface area is 234 Å². The van der Waals surface area contributed by atoms with Crippen LogP contribution in [0.15, 0.2) is 60.7 Å². The van der Waals surface area contributed by atoms with Crippen molar-refractivity contribution < 1.29 is 28.9 Å². The number of carbonyl (C=O) groups is 1. The summed E-state index contributed by atoms with van der Waals surface area (Å²) >= 11 is 0. The van der Waals surface area contributed by atoms with E-state index in [0.717, 1.165) is 49.3 Å². The summed E-state index contributed by atoms with van der Waals surface area (Å²) in [5, 5.41) is 19.5. The summed E-state index contributed by atoms with van der Waals surface area (Å²) in [6.07, 6.45) is 3.69. The summed E-state index contributed by atoms with van der Waals surface area (Å²) in [6, 6.07) is 18.6. The van der Waals surface area contributed by atoms with Crippen LogP contribution >= 0.6 is 0 Å². The first-order valence-electron chi connectivity index (χ1n) is 14.1. The van der Waals surface area contributed by atoms with Crippen LogP contribution in [-0.4, -0.2) is 60.0 Å². The Kier molecular flexibility index (Phi) is 6.83. The number of carboxylic acids is 1. The summed E-state index contributed by atoms with van der Waals surface area (Å²) < 4.78 is 25.9. The van der Waals surface area contributed by atoms with Gasteiger partial charge in [-0.15, -0.1) is 0 Å². The molecule has 2 bridgehead atoms. The monoisotopic (exact) mass is 545 g/mol. The molecular formula is C33H36FNO5. The van der Waals surface area contributed by atoms with Gasteiger partial charge in [0.1, 0.15) is 11.9 Å². The number of likely N-dealkylation sites (tertiary alicyclic amines) is 1. The zero-order chi connectivity index (χ0) is 28.2. The molecule has 4 unspecified atom stereocenters. The number of likely N-dealkylation sites (N-methyl/N-ethyl adjacent to an activating group) is 1. The Bertz CT molecular complexity index is 1430. The van der Waals surface area contributed by atoms with Gasteiger partial charge in [-0.3, -0.25) is 4.79 Å². The van der Waals surface area contributed by atoms with Crippen LogP contribution in [-0.2, 0) is 16.6 Å². The molecule has 4 aliphatic rings. The molecule has 40 heavy (non-hydrogen) atoms. The molecule has 1 spiro atoms. The van der Waals surface area contributed by atoms with Crippen molar-refractivity contribution in [3.8, 4) is 22.6 Å². The van der Waals surface area contributed by atoms with Crippen LogP contribution < -0.4 is 9.47 Å². The lowest BCUT2D eigenvalue weighted by molar-refractivity contribution is -0.138. The number of rotatable bonds is 4. The summed E-state index contributed by atoms with van der Waals surface area (Å²) in [5.41, 5.74) is 4.51. The van der Waals surface area contributed by atoms with Gasteiger partial charge < -0.3 is 24.6 Å². The van der Waals surface area contributed by atoms with E-state index >= 15 is 0 Å². The minimum Gasteiger partial charge on any atom is -0.493 e. The fraction of sp³-hybridized carbons (Fsp3) is 0.424. The second-order valence-corrected chi connectivity index (χ2v) is 11.6. The highest BCUT2D eigenvalue weighted by Gasteiger charge is 2.65. The normalized spacial score (nSPS) is 28.4. The number of halogens is 1. The van der Waals surface area contributed by atoms with Gasteiger partial charge in [-0.1, -0.05) is 48.5 Å². The van der Waals surface area contributed by atoms with Gasteiger partial charge in [0.25, 0.3) is 0 Å². The van der Waals surface area contributed by atoms with Crippen molar-refractivity contribution in [1.82, 2.24) is 4.90 Å². The molecule has 1 saturated heterocycles. The highest BCUT2D eigenvalue weighted by Crippen LogP contribution is 2.63. The van der Waals surface area contributed by atoms with Crippen molar-refractivity contribution in [1.29, 1.82) is 0 Å². The predicted molar refractivity (Wildman–Crippen MR) is 150 cm³/mol. The summed E-state index contributed by atoms with van der Waals surface area (Å²) in [6.45, 7) is 2.63. The molecule has 3 aromatic carbocycles. The van der Waals surface area contributed by atoms with Gasteiger partial charge in [-0.25, -0.2) is 4.39 Å². The Hall–Kier alpha value is -3.42. The molecule has 2 N–H and O–H groups in total. The number of hydrogen-bond donors (Lipinski definition) is 2. The van der Waals surface area contributed by atoms with Crippen molar-refractivity contribution in [3.63, 3.8) is 0 Å². The third kappa shape index (κ3) is 4.10. The second-order valence-electron chi connectivity index (χ2n) is 11.6. The van der Waals surface area contributed by atoms with E-state index in [0.29, 0.717) is 23.1 Å². The number of aliphatic hydroxyl groups excluding tert-OH is 1. The second kappa shape index (κ2) is 10.2. The molecule has 1 saturated carbocycles. The number of nitrogens with zero attached hydrogens (tertiary/aromatic N) is 1. The summed E-state index contributed by atoms with van der Waals surface area (Å²) in [5.74, 6) is 0.281. The van der Waals surface area contributed by atoms with Gasteiger partial charge in [0.05, 0.1) is 19.1 Å². The van der Waals surface area contributed by atoms with Crippen LogP contribution in [0.4, 0.5) is 4.39 Å². The zero-order valence-electron chi connectivity index (χ0n) is 23.1. The van der Waals surface area contributed by atoms with E-state index in [1.165, 1.54) is 17.2 Å². The van der Waals surface area contributed by atoms with Crippen molar-refractivity contribution >= 4 is 5.97 Å². The number of carboxylic acid groups (broad SMARTS) is 1. The average molecular weight is 546 g/mol. The lowest BCUT2D eigenvalue weighted by Gasteiger charge is -2.58. The van der Waals surface area contributed by atoms with Crippen LogP contribution in [0.5, 0.6) is 11.5 Å². The molecule has 0 radical (unpaired) electrons. The van der Waals surface area contributed by atoms with Crippen molar-refractivity contribution in [2.75, 3.05) is 20.7 Å². The van der Waals surface area contributed by atoms with E-state index in [-0.39, 0.29) is 17.6 Å². The van der Waals surface area contributed by atoms with Crippen molar-refractivity contribution in [2.24, 2.45) is 5.92 Å². The highest BCUT2D eigenvalue weighted by molar-refractivity contribution is 5.76. The Balaban J connectivity index is 0.000000148. The van der Waals surface area contributed by atoms with Crippen molar-refractivity contribution in [3.05, 3.63) is 83.2 Å². The third-order valence-corrected chi connectivity index (χ3v) is 9.72. The van der Waals surface area contributed by atoms with Gasteiger partial charge >= 0.3 is 5.97 Å². The Morgan fingerprint density at radius 2 is 1.93 bits per heavy atom. The zero-order valence-corrected chi connectivity index (χ0v) is 23.1. The Morgan fingerprint density at radius 3 is 2.62 bits per heavy atom. The van der Waals surface area contributed by atoms with Crippen LogP contribution in [0, 0.1) is 11.7 Å². The number of methoxy groups -OCH3 is 1. The molecule has 0 amide bonds. The minimum absolute atomic E-state index is 0.00625. The molecule has 2 aliphatic heterocycles. The van der Waals surface area contributed by atoms with Gasteiger partial charge in [0, 0.05) is 22.6 Å². The average Bonchev–Trinajstić information content (AvgIpc) is 3.32. The molecule has 6 nitrogen and oxygen atoms in total. The lowest BCUT2D eigenvalue weighted by Crippen LogP contribution is -2.66. The number of ether oxygens (including phenoxy) is 2.